The molecular weight excluding hydrogens is 390 g/mol. The van der Waals surface area contributed by atoms with E-state index in [1.54, 1.807) is 36.7 Å². The third-order valence-corrected chi connectivity index (χ3v) is 6.74. The number of rotatable bonds is 7. The summed E-state index contributed by atoms with van der Waals surface area (Å²) in [5, 5.41) is 9.22. The number of nitrogens with one attached hydrogen (secondary N) is 3. The van der Waals surface area contributed by atoms with Crippen LogP contribution in [0.1, 0.15) is 36.0 Å². The summed E-state index contributed by atoms with van der Waals surface area (Å²) in [5.41, 5.74) is 1.20. The first-order valence-corrected chi connectivity index (χ1v) is 10.8. The maximum Gasteiger partial charge on any atom is 0.315 e. The van der Waals surface area contributed by atoms with Gasteiger partial charge in [-0.05, 0) is 37.1 Å². The van der Waals surface area contributed by atoms with Gasteiger partial charge >= 0.3 is 6.03 Å². The number of urea groups is 1. The van der Waals surface area contributed by atoms with Gasteiger partial charge < -0.3 is 16.0 Å². The fourth-order valence-corrected chi connectivity index (χ4v) is 5.27. The minimum Gasteiger partial charge on any atom is -0.332 e. The molecule has 3 N–H and O–H groups in total. The molecule has 2 aliphatic heterocycles. The largest absolute Gasteiger partial charge is 0.332 e. The van der Waals surface area contributed by atoms with Crippen molar-refractivity contribution in [2.45, 2.75) is 43.0 Å². The second-order valence-corrected chi connectivity index (χ2v) is 8.54. The van der Waals surface area contributed by atoms with E-state index in [0.717, 1.165) is 25.0 Å². The Balaban J connectivity index is 1.18. The number of hydrogen-bond donors (Lipinski definition) is 3. The summed E-state index contributed by atoms with van der Waals surface area (Å²) in [6.45, 7) is 0. The van der Waals surface area contributed by atoms with E-state index in [4.69, 9.17) is 0 Å². The number of hydrogen-bond acceptors (Lipinski definition) is 5. The van der Waals surface area contributed by atoms with Gasteiger partial charge in [-0.25, -0.2) is 9.78 Å². The highest BCUT2D eigenvalue weighted by molar-refractivity contribution is 8.00. The van der Waals surface area contributed by atoms with Crippen LogP contribution in [0.15, 0.2) is 43.0 Å². The number of amides is 3. The first kappa shape index (κ1) is 19.5. The Morgan fingerprint density at radius 1 is 1.21 bits per heavy atom. The van der Waals surface area contributed by atoms with E-state index in [0.29, 0.717) is 22.9 Å². The number of aromatic nitrogens is 2. The van der Waals surface area contributed by atoms with E-state index in [9.17, 15) is 14.4 Å². The Kier molecular flexibility index (Phi) is 5.84. The number of imidazole rings is 1. The molecule has 3 heterocycles. The van der Waals surface area contributed by atoms with E-state index in [1.807, 2.05) is 11.8 Å². The fourth-order valence-electron chi connectivity index (χ4n) is 3.72. The molecule has 0 saturated carbocycles. The van der Waals surface area contributed by atoms with Gasteiger partial charge in [0.15, 0.2) is 0 Å². The molecule has 0 aliphatic carbocycles. The van der Waals surface area contributed by atoms with Crippen LogP contribution in [0, 0.1) is 0 Å². The van der Waals surface area contributed by atoms with Crippen LogP contribution in [-0.2, 0) is 4.79 Å². The van der Waals surface area contributed by atoms with E-state index < -0.39 is 0 Å². The average Bonchev–Trinajstić information content (AvgIpc) is 3.44. The lowest BCUT2D eigenvalue weighted by molar-refractivity contribution is -0.116. The molecule has 8 nitrogen and oxygen atoms in total. The number of unbranched alkanes of at least 4 members (excludes halogenated alkanes) is 1. The summed E-state index contributed by atoms with van der Waals surface area (Å²) in [7, 11) is 0. The molecule has 9 heteroatoms. The molecule has 1 aromatic heterocycles. The lowest BCUT2D eigenvalue weighted by atomic mass is 10.0. The smallest absolute Gasteiger partial charge is 0.315 e. The van der Waals surface area contributed by atoms with Crippen molar-refractivity contribution in [3.63, 3.8) is 0 Å². The van der Waals surface area contributed by atoms with Crippen molar-refractivity contribution >= 4 is 35.3 Å². The van der Waals surface area contributed by atoms with E-state index in [2.05, 4.69) is 20.9 Å². The Hall–Kier alpha value is -2.81. The molecule has 0 bridgehead atoms. The van der Waals surface area contributed by atoms with Crippen LogP contribution >= 0.6 is 11.8 Å². The summed E-state index contributed by atoms with van der Waals surface area (Å²) in [6.07, 6.45) is 7.80. The fraction of sp³-hybridized carbons (Fsp3) is 0.400. The van der Waals surface area contributed by atoms with Crippen molar-refractivity contribution in [1.82, 2.24) is 20.2 Å². The Morgan fingerprint density at radius 3 is 2.79 bits per heavy atom. The molecule has 3 amide bonds. The molecule has 152 valence electrons. The maximum absolute atomic E-state index is 12.2. The zero-order valence-electron chi connectivity index (χ0n) is 15.8. The molecule has 2 aliphatic rings. The minimum atomic E-state index is -0.166. The second-order valence-electron chi connectivity index (χ2n) is 7.27. The molecule has 29 heavy (non-hydrogen) atoms. The molecule has 1 aromatic carbocycles. The lowest BCUT2D eigenvalue weighted by Gasteiger charge is -2.16. The summed E-state index contributed by atoms with van der Waals surface area (Å²) in [4.78, 5) is 39.7. The zero-order valence-corrected chi connectivity index (χ0v) is 16.7. The highest BCUT2D eigenvalue weighted by Crippen LogP contribution is 2.33. The monoisotopic (exact) mass is 413 g/mol. The van der Waals surface area contributed by atoms with Crippen LogP contribution in [0.3, 0.4) is 0 Å². The summed E-state index contributed by atoms with van der Waals surface area (Å²) < 4.78 is 1.41. The minimum absolute atomic E-state index is 0.0357. The molecule has 0 radical (unpaired) electrons. The van der Waals surface area contributed by atoms with E-state index in [-0.39, 0.29) is 29.9 Å². The first-order valence-electron chi connectivity index (χ1n) is 9.71. The highest BCUT2D eigenvalue weighted by atomic mass is 32.2. The number of thioether (sulfide) groups is 1. The van der Waals surface area contributed by atoms with Crippen molar-refractivity contribution < 1.29 is 14.4 Å². The third kappa shape index (κ3) is 4.61. The first-order chi connectivity index (χ1) is 14.1. The Bertz CT molecular complexity index is 884. The van der Waals surface area contributed by atoms with E-state index in [1.165, 1.54) is 10.9 Å². The van der Waals surface area contributed by atoms with Gasteiger partial charge in [-0.3, -0.25) is 14.2 Å². The van der Waals surface area contributed by atoms with Crippen LogP contribution in [-0.4, -0.2) is 50.5 Å². The van der Waals surface area contributed by atoms with Crippen molar-refractivity contribution in [2.24, 2.45) is 0 Å². The molecular formula is C20H23N5O3S. The zero-order chi connectivity index (χ0) is 20.2. The Labute approximate surface area is 172 Å². The number of benzene rings is 1. The second kappa shape index (κ2) is 8.69. The molecule has 4 rings (SSSR count). The molecule has 0 unspecified atom stereocenters. The standard InChI is InChI=1S/C20H23N5O3S/c26-17(4-2-1-3-16-18-15(11-29-16)23-20(28)24-18)22-14-7-5-13(6-8-14)19(27)25-10-9-21-12-25/h5-10,12,15-16,18H,1-4,11H2,(H,22,26)(H2,23,24,28)/t15-,16-,18-/m0/s1. The van der Waals surface area contributed by atoms with Gasteiger partial charge in [0.1, 0.15) is 6.33 Å². The van der Waals surface area contributed by atoms with Crippen molar-refractivity contribution in [3.8, 4) is 0 Å². The van der Waals surface area contributed by atoms with Gasteiger partial charge in [0, 0.05) is 41.1 Å². The highest BCUT2D eigenvalue weighted by Gasteiger charge is 2.42. The Morgan fingerprint density at radius 2 is 2.03 bits per heavy atom. The number of carbonyl (C=O) groups excluding carboxylic acids is 3. The molecule has 2 saturated heterocycles. The predicted octanol–water partition coefficient (Wildman–Crippen LogP) is 2.24. The van der Waals surface area contributed by atoms with Gasteiger partial charge in [-0.15, -0.1) is 0 Å². The topological polar surface area (TPSA) is 105 Å². The predicted molar refractivity (Wildman–Crippen MR) is 111 cm³/mol. The average molecular weight is 414 g/mol. The van der Waals surface area contributed by atoms with Gasteiger partial charge in [0.2, 0.25) is 5.91 Å². The summed E-state index contributed by atoms with van der Waals surface area (Å²) in [5.74, 6) is 0.751. The number of fused-ring (bicyclic) bond motifs is 1. The van der Waals surface area contributed by atoms with Gasteiger partial charge in [-0.2, -0.15) is 11.8 Å². The summed E-state index contributed by atoms with van der Waals surface area (Å²) >= 11 is 1.89. The van der Waals surface area contributed by atoms with Crippen LogP contribution in [0.25, 0.3) is 0 Å². The van der Waals surface area contributed by atoms with Crippen LogP contribution < -0.4 is 16.0 Å². The van der Waals surface area contributed by atoms with Crippen LogP contribution in [0.5, 0.6) is 0 Å². The van der Waals surface area contributed by atoms with Gasteiger partial charge in [0.05, 0.1) is 12.1 Å². The van der Waals surface area contributed by atoms with Crippen LogP contribution in [0.2, 0.25) is 0 Å². The SMILES string of the molecule is O=C(CCCC[C@@H]1SC[C@@H]2NC(=O)N[C@@H]21)Nc1ccc(C(=O)n2ccnc2)cc1. The molecule has 2 aromatic rings. The molecule has 3 atom stereocenters. The maximum atomic E-state index is 12.2. The lowest BCUT2D eigenvalue weighted by Crippen LogP contribution is -2.36. The number of carbonyl (C=O) groups is 3. The molecule has 0 spiro atoms. The van der Waals surface area contributed by atoms with E-state index >= 15 is 0 Å². The van der Waals surface area contributed by atoms with Crippen molar-refractivity contribution in [3.05, 3.63) is 48.5 Å². The van der Waals surface area contributed by atoms with Crippen molar-refractivity contribution in [1.29, 1.82) is 0 Å². The van der Waals surface area contributed by atoms with Gasteiger partial charge in [-0.1, -0.05) is 6.42 Å². The number of anilines is 1. The summed E-state index contributed by atoms with van der Waals surface area (Å²) in [6, 6.07) is 7.22. The molecule has 2 fully saturated rings. The van der Waals surface area contributed by atoms with Gasteiger partial charge in [0.25, 0.3) is 5.91 Å². The van der Waals surface area contributed by atoms with Crippen LogP contribution in [0.4, 0.5) is 10.5 Å². The third-order valence-electron chi connectivity index (χ3n) is 5.24. The number of nitrogens with zero attached hydrogens (tertiary/aromatic N) is 2. The normalized spacial score (nSPS) is 22.6. The van der Waals surface area contributed by atoms with Crippen molar-refractivity contribution in [2.75, 3.05) is 11.1 Å². The quantitative estimate of drug-likeness (QED) is 0.477.